The van der Waals surface area contributed by atoms with E-state index >= 15 is 0 Å². The van der Waals surface area contributed by atoms with Crippen LogP contribution in [0.4, 0.5) is 26.3 Å². The predicted molar refractivity (Wildman–Crippen MR) is 307 cm³/mol. The summed E-state index contributed by atoms with van der Waals surface area (Å²) in [5.41, 5.74) is 1.62. The van der Waals surface area contributed by atoms with E-state index in [9.17, 15) is 26.3 Å². The lowest BCUT2D eigenvalue weighted by Crippen LogP contribution is -2.25. The van der Waals surface area contributed by atoms with Gasteiger partial charge in [0.25, 0.3) is 0 Å². The van der Waals surface area contributed by atoms with Crippen LogP contribution in [0, 0.1) is 88.2 Å². The molecule has 9 rings (SSSR count). The molecule has 9 heteroatoms. The molecule has 0 aromatic heterocycles. The van der Waals surface area contributed by atoms with E-state index in [0.717, 1.165) is 132 Å². The second kappa shape index (κ2) is 31.2. The molecule has 6 fully saturated rings. The number of rotatable bonds is 18. The first-order chi connectivity index (χ1) is 37.9. The molecular formula is C69H96F6O3. The van der Waals surface area contributed by atoms with Gasteiger partial charge in [0, 0.05) is 0 Å². The molecule has 0 bridgehead atoms. The lowest BCUT2D eigenvalue weighted by molar-refractivity contribution is 0.170. The molecule has 0 atom stereocenters. The Kier molecular flexibility index (Phi) is 24.6. The summed E-state index contributed by atoms with van der Waals surface area (Å²) in [4.78, 5) is 0. The standard InChI is InChI=1S/C24H34F2O.C23H32F2O.C22H30F2O/c1-3-5-16-27-22-15-14-21(23(25)24(22)26)20-12-10-19(11-13-20)18-8-6-17(4-2)7-9-18;1-3-15-26-21-14-13-20(22(24)23(21)25)19-11-9-18(10-12-19)17-7-5-16(4-2)6-8-17;1-3-15-5-7-16(8-6-15)17-9-11-18(12-10-17)19-13-14-20(25-4-2)22(24)21(19)23/h4,14-15,17-20H,2-3,5-13,16H2,1H3;4,13-14,16-19H,2-3,5-12,15H2,1H3;3,13-18H,1,4-12H2,2H3. The van der Waals surface area contributed by atoms with Crippen molar-refractivity contribution in [2.75, 3.05) is 19.8 Å². The summed E-state index contributed by atoms with van der Waals surface area (Å²) in [6.07, 6.45) is 37.0. The van der Waals surface area contributed by atoms with Crippen LogP contribution in [0.3, 0.4) is 0 Å². The van der Waals surface area contributed by atoms with Crippen molar-refractivity contribution in [1.29, 1.82) is 0 Å². The Morgan fingerprint density at radius 1 is 0.346 bits per heavy atom. The van der Waals surface area contributed by atoms with Crippen molar-refractivity contribution >= 4 is 0 Å². The number of ether oxygens (including phenoxy) is 3. The minimum Gasteiger partial charge on any atom is -0.491 e. The SMILES string of the molecule is C=CC1CCC(C2CCC(c3ccc(OCC)c(F)c3F)CC2)CC1.C=CC1CCC(C2CCC(c3ccc(OCCC)c(F)c3F)CC2)CC1.C=CC1CCC(C2CCC(c3ccc(OCCCC)c(F)c3F)CC2)CC1. The van der Waals surface area contributed by atoms with Crippen molar-refractivity contribution in [3.05, 3.63) is 126 Å². The molecule has 0 saturated heterocycles. The lowest BCUT2D eigenvalue weighted by Gasteiger charge is -2.37. The first-order valence-corrected chi connectivity index (χ1v) is 31.1. The van der Waals surface area contributed by atoms with Gasteiger partial charge in [-0.25, -0.2) is 13.2 Å². The molecular weight excluding hydrogens is 991 g/mol. The van der Waals surface area contributed by atoms with E-state index in [1.165, 1.54) is 77.0 Å². The molecule has 0 aliphatic heterocycles. The first kappa shape index (κ1) is 61.5. The largest absolute Gasteiger partial charge is 0.491 e. The minimum atomic E-state index is -0.829. The fourth-order valence-electron chi connectivity index (χ4n) is 14.9. The second-order valence-corrected chi connectivity index (χ2v) is 24.4. The van der Waals surface area contributed by atoms with Gasteiger partial charge in [-0.05, 0) is 280 Å². The summed E-state index contributed by atoms with van der Waals surface area (Å²) >= 11 is 0. The van der Waals surface area contributed by atoms with Crippen LogP contribution in [0.1, 0.15) is 229 Å². The molecule has 6 saturated carbocycles. The molecule has 0 spiro atoms. The van der Waals surface area contributed by atoms with Crippen LogP contribution in [0.15, 0.2) is 74.4 Å². The summed E-state index contributed by atoms with van der Waals surface area (Å²) in [5, 5.41) is 0. The van der Waals surface area contributed by atoms with Gasteiger partial charge in [0.05, 0.1) is 19.8 Å². The topological polar surface area (TPSA) is 27.7 Å². The minimum absolute atomic E-state index is 0.0245. The first-order valence-electron chi connectivity index (χ1n) is 31.1. The summed E-state index contributed by atoms with van der Waals surface area (Å²) in [7, 11) is 0. The Labute approximate surface area is 466 Å². The monoisotopic (exact) mass is 1090 g/mol. The number of allylic oxidation sites excluding steroid dienone is 3. The normalized spacial score (nSPS) is 29.3. The molecule has 78 heavy (non-hydrogen) atoms. The van der Waals surface area contributed by atoms with Gasteiger partial charge in [0.1, 0.15) is 0 Å². The Morgan fingerprint density at radius 3 is 0.872 bits per heavy atom. The number of hydrogen-bond acceptors (Lipinski definition) is 3. The molecule has 3 nitrogen and oxygen atoms in total. The third kappa shape index (κ3) is 16.3. The molecule has 0 radical (unpaired) electrons. The van der Waals surface area contributed by atoms with Crippen LogP contribution in [0.2, 0.25) is 0 Å². The van der Waals surface area contributed by atoms with E-state index in [4.69, 9.17) is 14.2 Å². The predicted octanol–water partition coefficient (Wildman–Crippen LogP) is 21.1. The summed E-state index contributed by atoms with van der Waals surface area (Å²) < 4.78 is 102. The third-order valence-electron chi connectivity index (χ3n) is 19.8. The molecule has 0 N–H and O–H groups in total. The zero-order valence-corrected chi connectivity index (χ0v) is 48.0. The summed E-state index contributed by atoms with van der Waals surface area (Å²) in [6, 6.07) is 10.0. The third-order valence-corrected chi connectivity index (χ3v) is 19.8. The zero-order valence-electron chi connectivity index (χ0n) is 48.0. The number of unbranched alkanes of at least 4 members (excludes halogenated alkanes) is 1. The van der Waals surface area contributed by atoms with Crippen LogP contribution in [0.5, 0.6) is 17.2 Å². The van der Waals surface area contributed by atoms with Gasteiger partial charge in [-0.2, -0.15) is 13.2 Å². The van der Waals surface area contributed by atoms with Crippen molar-refractivity contribution in [2.45, 2.75) is 212 Å². The second-order valence-electron chi connectivity index (χ2n) is 24.4. The smallest absolute Gasteiger partial charge is 0.200 e. The van der Waals surface area contributed by atoms with Crippen molar-refractivity contribution in [3.8, 4) is 17.2 Å². The van der Waals surface area contributed by atoms with E-state index in [-0.39, 0.29) is 35.0 Å². The fraction of sp³-hybridized carbons (Fsp3) is 0.652. The number of benzene rings is 3. The van der Waals surface area contributed by atoms with E-state index in [1.54, 1.807) is 43.3 Å². The van der Waals surface area contributed by atoms with Gasteiger partial charge in [-0.15, -0.1) is 19.7 Å². The zero-order chi connectivity index (χ0) is 55.6. The van der Waals surface area contributed by atoms with Gasteiger partial charge in [0.2, 0.25) is 17.5 Å². The van der Waals surface area contributed by atoms with Gasteiger partial charge in [0.15, 0.2) is 34.7 Å². The maximum Gasteiger partial charge on any atom is 0.200 e. The van der Waals surface area contributed by atoms with Crippen LogP contribution < -0.4 is 14.2 Å². The highest BCUT2D eigenvalue weighted by molar-refractivity contribution is 5.35. The molecule has 6 aliphatic carbocycles. The molecule has 3 aromatic carbocycles. The van der Waals surface area contributed by atoms with E-state index in [1.807, 2.05) is 13.8 Å². The Balaban J connectivity index is 0.000000170. The number of hydrogen-bond donors (Lipinski definition) is 0. The van der Waals surface area contributed by atoms with Crippen molar-refractivity contribution in [3.63, 3.8) is 0 Å². The fourth-order valence-corrected chi connectivity index (χ4v) is 14.9. The summed E-state index contributed by atoms with van der Waals surface area (Å²) in [5.74, 6) is 2.83. The van der Waals surface area contributed by atoms with E-state index in [2.05, 4.69) is 38.0 Å². The van der Waals surface area contributed by atoms with Crippen molar-refractivity contribution in [1.82, 2.24) is 0 Å². The molecule has 0 amide bonds. The van der Waals surface area contributed by atoms with Crippen LogP contribution >= 0.6 is 0 Å². The van der Waals surface area contributed by atoms with Crippen LogP contribution in [-0.2, 0) is 0 Å². The average Bonchev–Trinajstić information content (AvgIpc) is 3.52. The Morgan fingerprint density at radius 2 is 0.615 bits per heavy atom. The van der Waals surface area contributed by atoms with E-state index in [0.29, 0.717) is 54.3 Å². The van der Waals surface area contributed by atoms with Gasteiger partial charge < -0.3 is 14.2 Å². The highest BCUT2D eigenvalue weighted by Gasteiger charge is 2.36. The van der Waals surface area contributed by atoms with Gasteiger partial charge >= 0.3 is 0 Å². The molecule has 3 aromatic rings. The maximum absolute atomic E-state index is 14.6. The quantitative estimate of drug-likeness (QED) is 0.0722. The van der Waals surface area contributed by atoms with Crippen molar-refractivity contribution in [2.24, 2.45) is 53.3 Å². The molecule has 432 valence electrons. The highest BCUT2D eigenvalue weighted by Crippen LogP contribution is 2.48. The van der Waals surface area contributed by atoms with Gasteiger partial charge in [-0.1, -0.05) is 56.7 Å². The van der Waals surface area contributed by atoms with Crippen molar-refractivity contribution < 1.29 is 40.6 Å². The maximum atomic E-state index is 14.6. The van der Waals surface area contributed by atoms with E-state index < -0.39 is 34.9 Å². The Hall–Kier alpha value is -4.14. The Bertz CT molecular complexity index is 2300. The van der Waals surface area contributed by atoms with Crippen LogP contribution in [-0.4, -0.2) is 19.8 Å². The lowest BCUT2D eigenvalue weighted by atomic mass is 9.68. The highest BCUT2D eigenvalue weighted by atomic mass is 19.2. The van der Waals surface area contributed by atoms with Gasteiger partial charge in [-0.3, -0.25) is 0 Å². The molecule has 6 aliphatic rings. The molecule has 0 heterocycles. The average molecular weight is 1090 g/mol. The summed E-state index contributed by atoms with van der Waals surface area (Å²) in [6.45, 7) is 18.7. The number of halogens is 6. The molecule has 0 unspecified atom stereocenters. The van der Waals surface area contributed by atoms with Crippen LogP contribution in [0.25, 0.3) is 0 Å².